The minimum Gasteiger partial charge on any atom is -0.375 e. The van der Waals surface area contributed by atoms with Crippen LogP contribution in [-0.4, -0.2) is 16.8 Å². The van der Waals surface area contributed by atoms with Crippen molar-refractivity contribution in [2.75, 3.05) is 6.61 Å². The molecule has 0 bridgehead atoms. The summed E-state index contributed by atoms with van der Waals surface area (Å²) in [5.41, 5.74) is 9.08. The molecule has 0 saturated carbocycles. The number of hydrogen-bond donors (Lipinski definition) is 1. The van der Waals surface area contributed by atoms with E-state index in [1.54, 1.807) is 0 Å². The summed E-state index contributed by atoms with van der Waals surface area (Å²) < 4.78 is 8.31. The molecule has 3 nitrogen and oxygen atoms in total. The molecule has 2 unspecified atom stereocenters. The first-order valence-electron chi connectivity index (χ1n) is 7.16. The standard InChI is InChI=1S/C15H24N2O/c1-15(2)10-11(7-9-18-15)17-8-6-12-13(16)4-3-5-14(12)17/h6,8,11,13H,3-5,7,9-10,16H2,1-2H3. The van der Waals surface area contributed by atoms with E-state index in [0.717, 1.165) is 25.9 Å². The number of rotatable bonds is 1. The maximum atomic E-state index is 6.20. The van der Waals surface area contributed by atoms with Gasteiger partial charge in [-0.1, -0.05) is 0 Å². The molecule has 1 aromatic rings. The second kappa shape index (κ2) is 4.39. The van der Waals surface area contributed by atoms with Gasteiger partial charge in [0.1, 0.15) is 0 Å². The summed E-state index contributed by atoms with van der Waals surface area (Å²) in [6.07, 6.45) is 8.03. The van der Waals surface area contributed by atoms with E-state index in [4.69, 9.17) is 10.5 Å². The lowest BCUT2D eigenvalue weighted by Gasteiger charge is -2.37. The van der Waals surface area contributed by atoms with Crippen molar-refractivity contribution in [2.45, 2.75) is 63.6 Å². The highest BCUT2D eigenvalue weighted by molar-refractivity contribution is 5.29. The third-order valence-electron chi connectivity index (χ3n) is 4.45. The van der Waals surface area contributed by atoms with Gasteiger partial charge in [0.05, 0.1) is 5.60 Å². The van der Waals surface area contributed by atoms with Gasteiger partial charge in [0.25, 0.3) is 0 Å². The molecule has 0 spiro atoms. The van der Waals surface area contributed by atoms with Crippen molar-refractivity contribution in [3.8, 4) is 0 Å². The fourth-order valence-electron chi connectivity index (χ4n) is 3.53. The van der Waals surface area contributed by atoms with Gasteiger partial charge in [-0.05, 0) is 57.6 Å². The van der Waals surface area contributed by atoms with Gasteiger partial charge in [-0.2, -0.15) is 0 Å². The molecule has 0 aromatic carbocycles. The number of nitrogens with zero attached hydrogens (tertiary/aromatic N) is 1. The van der Waals surface area contributed by atoms with E-state index in [9.17, 15) is 0 Å². The lowest BCUT2D eigenvalue weighted by Crippen LogP contribution is -2.35. The van der Waals surface area contributed by atoms with Crippen LogP contribution >= 0.6 is 0 Å². The van der Waals surface area contributed by atoms with Crippen LogP contribution in [-0.2, 0) is 11.2 Å². The topological polar surface area (TPSA) is 40.2 Å². The van der Waals surface area contributed by atoms with Crippen molar-refractivity contribution >= 4 is 0 Å². The normalized spacial score (nSPS) is 31.1. The zero-order valence-corrected chi connectivity index (χ0v) is 11.5. The molecule has 1 aliphatic carbocycles. The third kappa shape index (κ3) is 2.10. The first-order valence-corrected chi connectivity index (χ1v) is 7.16. The zero-order chi connectivity index (χ0) is 12.8. The molecule has 100 valence electrons. The molecule has 2 aliphatic rings. The molecule has 2 N–H and O–H groups in total. The van der Waals surface area contributed by atoms with Crippen LogP contribution in [0.3, 0.4) is 0 Å². The van der Waals surface area contributed by atoms with Crippen LogP contribution in [0.2, 0.25) is 0 Å². The van der Waals surface area contributed by atoms with E-state index in [1.807, 2.05) is 0 Å². The molecule has 1 saturated heterocycles. The maximum absolute atomic E-state index is 6.20. The van der Waals surface area contributed by atoms with E-state index in [0.29, 0.717) is 6.04 Å². The summed E-state index contributed by atoms with van der Waals surface area (Å²) in [6, 6.07) is 3.08. The predicted octanol–water partition coefficient (Wildman–Crippen LogP) is 2.95. The highest BCUT2D eigenvalue weighted by Gasteiger charge is 2.31. The zero-order valence-electron chi connectivity index (χ0n) is 11.5. The van der Waals surface area contributed by atoms with Crippen molar-refractivity contribution in [1.29, 1.82) is 0 Å². The van der Waals surface area contributed by atoms with Crippen LogP contribution in [0, 0.1) is 0 Å². The van der Waals surface area contributed by atoms with E-state index in [2.05, 4.69) is 30.7 Å². The first kappa shape index (κ1) is 12.2. The van der Waals surface area contributed by atoms with Crippen molar-refractivity contribution in [2.24, 2.45) is 5.73 Å². The summed E-state index contributed by atoms with van der Waals surface area (Å²) in [4.78, 5) is 0. The molecule has 2 heterocycles. The van der Waals surface area contributed by atoms with Gasteiger partial charge >= 0.3 is 0 Å². The minimum absolute atomic E-state index is 0.0108. The van der Waals surface area contributed by atoms with E-state index in [1.165, 1.54) is 24.1 Å². The van der Waals surface area contributed by atoms with Gasteiger partial charge in [0, 0.05) is 30.6 Å². The van der Waals surface area contributed by atoms with Gasteiger partial charge in [-0.3, -0.25) is 0 Å². The second-order valence-corrected chi connectivity index (χ2v) is 6.38. The summed E-state index contributed by atoms with van der Waals surface area (Å²) in [5.74, 6) is 0. The highest BCUT2D eigenvalue weighted by atomic mass is 16.5. The van der Waals surface area contributed by atoms with Crippen LogP contribution in [0.1, 0.15) is 62.9 Å². The van der Waals surface area contributed by atoms with E-state index >= 15 is 0 Å². The minimum atomic E-state index is 0.0108. The third-order valence-corrected chi connectivity index (χ3v) is 4.45. The molecule has 2 atom stereocenters. The molecule has 3 rings (SSSR count). The van der Waals surface area contributed by atoms with Gasteiger partial charge in [-0.25, -0.2) is 0 Å². The Morgan fingerprint density at radius 3 is 3.00 bits per heavy atom. The monoisotopic (exact) mass is 248 g/mol. The van der Waals surface area contributed by atoms with E-state index < -0.39 is 0 Å². The smallest absolute Gasteiger partial charge is 0.0646 e. The average Bonchev–Trinajstić information content (AvgIpc) is 2.73. The van der Waals surface area contributed by atoms with Crippen LogP contribution in [0.25, 0.3) is 0 Å². The van der Waals surface area contributed by atoms with Crippen LogP contribution in [0.15, 0.2) is 12.3 Å². The SMILES string of the molecule is CC1(C)CC(n2ccc3c2CCCC3N)CCO1. The summed E-state index contributed by atoms with van der Waals surface area (Å²) >= 11 is 0. The number of hydrogen-bond acceptors (Lipinski definition) is 2. The van der Waals surface area contributed by atoms with Crippen molar-refractivity contribution in [3.05, 3.63) is 23.5 Å². The Bertz CT molecular complexity index is 436. The quantitative estimate of drug-likeness (QED) is 0.830. The fourth-order valence-corrected chi connectivity index (χ4v) is 3.53. The number of fused-ring (bicyclic) bond motifs is 1. The summed E-state index contributed by atoms with van der Waals surface area (Å²) in [6.45, 7) is 5.26. The Kier molecular flexibility index (Phi) is 2.99. The average molecular weight is 248 g/mol. The van der Waals surface area contributed by atoms with Gasteiger partial charge in [0.2, 0.25) is 0 Å². The van der Waals surface area contributed by atoms with Crippen molar-refractivity contribution in [3.63, 3.8) is 0 Å². The lowest BCUT2D eigenvalue weighted by molar-refractivity contribution is -0.0694. The van der Waals surface area contributed by atoms with Gasteiger partial charge in [-0.15, -0.1) is 0 Å². The summed E-state index contributed by atoms with van der Waals surface area (Å²) in [7, 11) is 0. The Labute approximate surface area is 109 Å². The van der Waals surface area contributed by atoms with Crippen molar-refractivity contribution < 1.29 is 4.74 Å². The molecule has 3 heteroatoms. The lowest BCUT2D eigenvalue weighted by atomic mass is 9.91. The Morgan fingerprint density at radius 1 is 1.39 bits per heavy atom. The van der Waals surface area contributed by atoms with Gasteiger partial charge < -0.3 is 15.0 Å². The molecule has 0 amide bonds. The predicted molar refractivity (Wildman–Crippen MR) is 72.6 cm³/mol. The Hall–Kier alpha value is -0.800. The molecule has 1 fully saturated rings. The fraction of sp³-hybridized carbons (Fsp3) is 0.733. The summed E-state index contributed by atoms with van der Waals surface area (Å²) in [5, 5.41) is 0. The molecular formula is C15H24N2O. The van der Waals surface area contributed by atoms with Gasteiger partial charge in [0.15, 0.2) is 0 Å². The molecule has 18 heavy (non-hydrogen) atoms. The Morgan fingerprint density at radius 2 is 2.22 bits per heavy atom. The van der Waals surface area contributed by atoms with E-state index in [-0.39, 0.29) is 11.6 Å². The Balaban J connectivity index is 1.88. The van der Waals surface area contributed by atoms with Crippen molar-refractivity contribution in [1.82, 2.24) is 4.57 Å². The maximum Gasteiger partial charge on any atom is 0.0646 e. The highest BCUT2D eigenvalue weighted by Crippen LogP contribution is 2.36. The number of nitrogens with two attached hydrogens (primary N) is 1. The van der Waals surface area contributed by atoms with Crippen LogP contribution < -0.4 is 5.73 Å². The first-order chi connectivity index (χ1) is 8.57. The number of ether oxygens (including phenoxy) is 1. The number of aromatic nitrogens is 1. The molecule has 0 radical (unpaired) electrons. The van der Waals surface area contributed by atoms with Crippen LogP contribution in [0.5, 0.6) is 0 Å². The molecule has 1 aromatic heterocycles. The van der Waals surface area contributed by atoms with Crippen LogP contribution in [0.4, 0.5) is 0 Å². The second-order valence-electron chi connectivity index (χ2n) is 6.38. The molecule has 1 aliphatic heterocycles. The molecular weight excluding hydrogens is 224 g/mol. The largest absolute Gasteiger partial charge is 0.375 e.